The highest BCUT2D eigenvalue weighted by Gasteiger charge is 2.30. The summed E-state index contributed by atoms with van der Waals surface area (Å²) in [7, 11) is 1.48. The van der Waals surface area contributed by atoms with Gasteiger partial charge in [-0.2, -0.15) is 0 Å². The predicted molar refractivity (Wildman–Crippen MR) is 373 cm³/mol. The molecule has 9 nitrogen and oxygen atoms in total. The van der Waals surface area contributed by atoms with E-state index < -0.39 is 20.0 Å². The number of unbranched alkanes of at least 4 members (excludes halogenated alkanes) is 32. The molecule has 0 spiro atoms. The largest absolute Gasteiger partial charge is 0.472 e. The Morgan fingerprint density at radius 3 is 1.14 bits per heavy atom. The monoisotopic (exact) mass is 1220 g/mol. The molecular weight excluding hydrogens is 1080 g/mol. The van der Waals surface area contributed by atoms with E-state index in [1.165, 1.54) is 161 Å². The van der Waals surface area contributed by atoms with Gasteiger partial charge < -0.3 is 19.4 Å². The van der Waals surface area contributed by atoms with Gasteiger partial charge in [0.25, 0.3) is 0 Å². The first-order valence-electron chi connectivity index (χ1n) is 35.7. The first kappa shape index (κ1) is 82.7. The molecule has 3 atom stereocenters. The Bertz CT molecular complexity index is 1840. The molecule has 0 rings (SSSR count). The maximum absolute atomic E-state index is 13.6. The van der Waals surface area contributed by atoms with Crippen LogP contribution in [0.1, 0.15) is 310 Å². The van der Waals surface area contributed by atoms with Crippen LogP contribution in [-0.4, -0.2) is 74.3 Å². The number of nitrogens with one attached hydrogen (secondary N) is 1. The lowest BCUT2D eigenvalue weighted by atomic mass is 10.0. The number of rotatable bonds is 64. The number of quaternary nitrogens is 1. The molecule has 3 unspecified atom stereocenters. The van der Waals surface area contributed by atoms with Crippen LogP contribution in [0.2, 0.25) is 0 Å². The van der Waals surface area contributed by atoms with Crippen molar-refractivity contribution < 1.29 is 37.3 Å². The van der Waals surface area contributed by atoms with E-state index in [0.29, 0.717) is 17.4 Å². The summed E-state index contributed by atoms with van der Waals surface area (Å²) in [5.41, 5.74) is 0. The summed E-state index contributed by atoms with van der Waals surface area (Å²) >= 11 is 0. The Labute approximate surface area is 531 Å². The van der Waals surface area contributed by atoms with E-state index in [9.17, 15) is 19.0 Å². The second-order valence-electron chi connectivity index (χ2n) is 25.0. The van der Waals surface area contributed by atoms with Crippen molar-refractivity contribution in [2.45, 2.75) is 322 Å². The van der Waals surface area contributed by atoms with Gasteiger partial charge in [0.05, 0.1) is 33.8 Å². The Morgan fingerprint density at radius 2 is 0.744 bits per heavy atom. The number of allylic oxidation sites excluding steroid dienone is 17. The molecule has 10 heteroatoms. The number of ether oxygens (including phenoxy) is 1. The van der Waals surface area contributed by atoms with Crippen LogP contribution in [0.5, 0.6) is 0 Å². The topological polar surface area (TPSA) is 111 Å². The van der Waals surface area contributed by atoms with E-state index in [0.717, 1.165) is 116 Å². The number of amides is 1. The number of likely N-dealkylation sites (N-methyl/N-ethyl adjacent to an activating group) is 1. The van der Waals surface area contributed by atoms with Crippen LogP contribution in [0.4, 0.5) is 0 Å². The molecule has 0 bridgehead atoms. The average molecular weight is 1220 g/mol. The predicted octanol–water partition coefficient (Wildman–Crippen LogP) is 22.8. The quantitative estimate of drug-likeness (QED) is 0.0205. The Balaban J connectivity index is 5.10. The minimum Gasteiger partial charge on any atom is -0.456 e. The van der Waals surface area contributed by atoms with E-state index in [1.54, 1.807) is 0 Å². The summed E-state index contributed by atoms with van der Waals surface area (Å²) in [6.07, 6.45) is 89.5. The Morgan fingerprint density at radius 1 is 0.419 bits per heavy atom. The lowest BCUT2D eigenvalue weighted by Gasteiger charge is -2.27. The molecule has 0 heterocycles. The highest BCUT2D eigenvalue weighted by Crippen LogP contribution is 2.43. The van der Waals surface area contributed by atoms with Crippen LogP contribution >= 0.6 is 7.82 Å². The van der Waals surface area contributed by atoms with Gasteiger partial charge in [-0.05, 0) is 115 Å². The molecule has 0 aromatic rings. The summed E-state index contributed by atoms with van der Waals surface area (Å²) in [6, 6.07) is -0.863. The van der Waals surface area contributed by atoms with Crippen LogP contribution < -0.4 is 5.32 Å². The molecule has 0 aromatic heterocycles. The summed E-state index contributed by atoms with van der Waals surface area (Å²) in [5, 5.41) is 3.06. The highest BCUT2D eigenvalue weighted by atomic mass is 31.2. The summed E-state index contributed by atoms with van der Waals surface area (Å²) < 4.78 is 30.8. The van der Waals surface area contributed by atoms with Crippen LogP contribution in [0, 0.1) is 0 Å². The molecule has 0 saturated heterocycles. The van der Waals surface area contributed by atoms with E-state index >= 15 is 0 Å². The van der Waals surface area contributed by atoms with Crippen molar-refractivity contribution in [1.29, 1.82) is 0 Å². The van der Waals surface area contributed by atoms with Crippen molar-refractivity contribution in [1.82, 2.24) is 5.32 Å². The number of nitrogens with zero attached hydrogens (tertiary/aromatic N) is 1. The van der Waals surface area contributed by atoms with Gasteiger partial charge in [0, 0.05) is 12.8 Å². The van der Waals surface area contributed by atoms with Crippen molar-refractivity contribution in [3.05, 3.63) is 109 Å². The zero-order valence-corrected chi connectivity index (χ0v) is 57.7. The van der Waals surface area contributed by atoms with Crippen molar-refractivity contribution in [2.24, 2.45) is 0 Å². The minimum atomic E-state index is -4.46. The average Bonchev–Trinajstić information content (AvgIpc) is 3.66. The summed E-state index contributed by atoms with van der Waals surface area (Å²) in [4.78, 5) is 37.9. The number of esters is 1. The van der Waals surface area contributed by atoms with Gasteiger partial charge in [0.1, 0.15) is 19.3 Å². The fourth-order valence-electron chi connectivity index (χ4n) is 9.98. The number of phosphoric ester groups is 1. The second kappa shape index (κ2) is 64.6. The van der Waals surface area contributed by atoms with Crippen LogP contribution in [-0.2, 0) is 27.9 Å². The Hall–Kier alpha value is -3.33. The standard InChI is InChI=1S/C76H135N2O7P/c1-7-10-13-16-19-22-25-28-30-32-34-36-38-39-41-43-45-47-49-51-54-57-60-63-66-69-76(80)85-74(67-64-61-58-55-52-27-24-21-18-15-12-9-3)73(72-84-86(81,82)83-71-70-78(4,5)6)77-75(79)68-65-62-59-56-53-50-48-46-44-42-40-37-35-33-31-29-26-23-20-17-14-11-8-2/h11,14,19-20,22-23,28-31,34-37,42,44,64,67,73-74H,7-10,12-13,15-18,21,24-27,32-33,38-41,43,45-63,65-66,68-72H2,1-6H3,(H-,77,79,81,82)/p+1/b14-11-,22-19-,23-20-,30-28-,31-29-,36-34-,37-35-,44-42-,67-64+. The number of hydrogen-bond donors (Lipinski definition) is 2. The maximum Gasteiger partial charge on any atom is 0.472 e. The van der Waals surface area contributed by atoms with Crippen molar-refractivity contribution >= 4 is 19.7 Å². The third-order valence-electron chi connectivity index (χ3n) is 15.4. The fraction of sp³-hybridized carbons (Fsp3) is 0.737. The zero-order valence-electron chi connectivity index (χ0n) is 56.8. The van der Waals surface area contributed by atoms with Gasteiger partial charge in [-0.1, -0.05) is 291 Å². The van der Waals surface area contributed by atoms with E-state index in [2.05, 4.69) is 123 Å². The van der Waals surface area contributed by atoms with Gasteiger partial charge >= 0.3 is 13.8 Å². The molecule has 0 aromatic carbocycles. The summed E-state index contributed by atoms with van der Waals surface area (Å²) in [6.45, 7) is 6.88. The normalized spacial score (nSPS) is 14.2. The Kier molecular flexibility index (Phi) is 62.1. The minimum absolute atomic E-state index is 0.0330. The van der Waals surface area contributed by atoms with E-state index in [-0.39, 0.29) is 31.5 Å². The van der Waals surface area contributed by atoms with Gasteiger partial charge in [0.15, 0.2) is 0 Å². The third-order valence-corrected chi connectivity index (χ3v) is 16.4. The smallest absolute Gasteiger partial charge is 0.456 e. The van der Waals surface area contributed by atoms with Gasteiger partial charge in [0.2, 0.25) is 5.91 Å². The molecule has 0 aliphatic rings. The van der Waals surface area contributed by atoms with Gasteiger partial charge in [-0.25, -0.2) is 4.57 Å². The van der Waals surface area contributed by atoms with Crippen molar-refractivity contribution in [3.8, 4) is 0 Å². The molecule has 0 aliphatic carbocycles. The SMILES string of the molecule is CC/C=C\C/C=C\C/C=C\C/C=C\C/C=C\CCCCCCCCCC(=O)NC(COP(=O)(O)OCC[N+](C)(C)C)C(/C=C/CCCCCCCCCCCC)OC(=O)CCCCCCCCCCCCCC/C=C\C/C=C\C/C=C\CCCCC. The molecule has 2 N–H and O–H groups in total. The molecule has 496 valence electrons. The van der Waals surface area contributed by atoms with Crippen LogP contribution in [0.25, 0.3) is 0 Å². The first-order chi connectivity index (χ1) is 41.9. The number of phosphoric acid groups is 1. The molecule has 86 heavy (non-hydrogen) atoms. The molecule has 1 amide bonds. The molecule has 0 aliphatic heterocycles. The molecular formula is C76H136N2O7P+. The summed E-state index contributed by atoms with van der Waals surface area (Å²) in [5.74, 6) is -0.518. The van der Waals surface area contributed by atoms with Crippen molar-refractivity contribution in [2.75, 3.05) is 40.9 Å². The van der Waals surface area contributed by atoms with E-state index in [1.807, 2.05) is 33.3 Å². The van der Waals surface area contributed by atoms with Gasteiger partial charge in [-0.15, -0.1) is 0 Å². The highest BCUT2D eigenvalue weighted by molar-refractivity contribution is 7.47. The molecule has 0 fully saturated rings. The van der Waals surface area contributed by atoms with Gasteiger partial charge in [-0.3, -0.25) is 18.6 Å². The second-order valence-corrected chi connectivity index (χ2v) is 26.5. The van der Waals surface area contributed by atoms with E-state index in [4.69, 9.17) is 13.8 Å². The maximum atomic E-state index is 13.6. The molecule has 0 radical (unpaired) electrons. The fourth-order valence-corrected chi connectivity index (χ4v) is 10.7. The number of carbonyl (C=O) groups excluding carboxylic acids is 2. The first-order valence-corrected chi connectivity index (χ1v) is 37.2. The molecule has 0 saturated carbocycles. The van der Waals surface area contributed by atoms with Crippen LogP contribution in [0.15, 0.2) is 109 Å². The zero-order chi connectivity index (χ0) is 62.8. The van der Waals surface area contributed by atoms with Crippen molar-refractivity contribution in [3.63, 3.8) is 0 Å². The number of hydrogen-bond acceptors (Lipinski definition) is 6. The van der Waals surface area contributed by atoms with Crippen LogP contribution in [0.3, 0.4) is 0 Å². The number of carbonyl (C=O) groups is 2. The third kappa shape index (κ3) is 65.1. The lowest BCUT2D eigenvalue weighted by molar-refractivity contribution is -0.870. The lowest BCUT2D eigenvalue weighted by Crippen LogP contribution is -2.47.